The molecule has 2 atom stereocenters. The van der Waals surface area contributed by atoms with Crippen molar-refractivity contribution in [3.8, 4) is 0 Å². The predicted octanol–water partition coefficient (Wildman–Crippen LogP) is 1.76. The van der Waals surface area contributed by atoms with E-state index in [0.29, 0.717) is 18.4 Å². The Morgan fingerprint density at radius 3 is 2.41 bits per heavy atom. The Balaban J connectivity index is 2.17. The molecule has 1 aromatic carbocycles. The molecule has 118 valence electrons. The highest BCUT2D eigenvalue weighted by Crippen LogP contribution is 2.47. The van der Waals surface area contributed by atoms with Crippen LogP contribution in [0.4, 0.5) is 0 Å². The van der Waals surface area contributed by atoms with Gasteiger partial charge in [-0.2, -0.15) is 0 Å². The molecule has 1 aliphatic carbocycles. The van der Waals surface area contributed by atoms with E-state index in [1.807, 2.05) is 6.07 Å². The van der Waals surface area contributed by atoms with Gasteiger partial charge in [0.1, 0.15) is 0 Å². The van der Waals surface area contributed by atoms with Gasteiger partial charge in [0.15, 0.2) is 0 Å². The molecule has 0 spiro atoms. The molecule has 22 heavy (non-hydrogen) atoms. The zero-order chi connectivity index (χ0) is 15.9. The van der Waals surface area contributed by atoms with E-state index in [0.717, 1.165) is 11.1 Å². The predicted molar refractivity (Wildman–Crippen MR) is 78.4 cm³/mol. The van der Waals surface area contributed by atoms with Crippen LogP contribution < -0.4 is 0 Å². The molecule has 2 unspecified atom stereocenters. The number of ether oxygens (including phenoxy) is 1. The summed E-state index contributed by atoms with van der Waals surface area (Å²) in [5.41, 5.74) is 2.01. The van der Waals surface area contributed by atoms with Gasteiger partial charge in [-0.15, -0.1) is 0 Å². The number of carbonyl (C=O) groups is 2. The van der Waals surface area contributed by atoms with Crippen LogP contribution in [0.5, 0.6) is 0 Å². The fraction of sp³-hybridized carbons (Fsp3) is 0.467. The van der Waals surface area contributed by atoms with Crippen LogP contribution in [0.25, 0.3) is 0 Å². The zero-order valence-corrected chi connectivity index (χ0v) is 13.8. The van der Waals surface area contributed by atoms with Crippen LogP contribution in [0.2, 0.25) is 0 Å². The van der Waals surface area contributed by atoms with Gasteiger partial charge in [0.2, 0.25) is 0 Å². The molecule has 0 N–H and O–H groups in total. The second kappa shape index (κ2) is 5.58. The van der Waals surface area contributed by atoms with E-state index in [1.165, 1.54) is 0 Å². The molecule has 1 aromatic rings. The summed E-state index contributed by atoms with van der Waals surface area (Å²) in [5, 5.41) is 0. The minimum atomic E-state index is -2.92. The lowest BCUT2D eigenvalue weighted by molar-refractivity contribution is -0.141. The van der Waals surface area contributed by atoms with Crippen LogP contribution >= 0.6 is 0 Å². The summed E-state index contributed by atoms with van der Waals surface area (Å²) < 4.78 is 21.7. The van der Waals surface area contributed by atoms with Crippen molar-refractivity contribution >= 4 is 20.7 Å². The fourth-order valence-electron chi connectivity index (χ4n) is 3.58. The van der Waals surface area contributed by atoms with Gasteiger partial charge in [0.05, 0.1) is 17.0 Å². The summed E-state index contributed by atoms with van der Waals surface area (Å²) >= 11 is 0. The third-order valence-electron chi connectivity index (χ3n) is 4.59. The van der Waals surface area contributed by atoms with Gasteiger partial charge in [-0.25, -0.2) is 4.79 Å². The van der Waals surface area contributed by atoms with Crippen molar-refractivity contribution in [3.63, 3.8) is 0 Å². The number of benzene rings is 1. The van der Waals surface area contributed by atoms with E-state index in [2.05, 4.69) is 0 Å². The van der Waals surface area contributed by atoms with Crippen LogP contribution in [0.1, 0.15) is 45.8 Å². The number of hydrogen-bond donors (Lipinski definition) is 0. The summed E-state index contributed by atoms with van der Waals surface area (Å²) in [7, 11) is 1.79. The van der Waals surface area contributed by atoms with Gasteiger partial charge in [-0.1, -0.05) is 12.1 Å². The van der Waals surface area contributed by atoms with Gasteiger partial charge in [0, 0.05) is 21.3 Å². The van der Waals surface area contributed by atoms with Crippen molar-refractivity contribution in [2.45, 2.75) is 24.3 Å². The van der Waals surface area contributed by atoms with Crippen molar-refractivity contribution in [2.24, 2.45) is 0 Å². The maximum atomic E-state index is 12.0. The van der Waals surface area contributed by atoms with Crippen molar-refractivity contribution in [2.75, 3.05) is 21.3 Å². The lowest BCUT2D eigenvalue weighted by Crippen LogP contribution is -2.51. The first-order valence-electron chi connectivity index (χ1n) is 7.12. The molecule has 3 rings (SSSR count). The first kappa shape index (κ1) is 15.4. The van der Waals surface area contributed by atoms with Crippen LogP contribution in [0.3, 0.4) is 0 Å². The van der Waals surface area contributed by atoms with E-state index in [9.17, 15) is 9.59 Å². The van der Waals surface area contributed by atoms with Gasteiger partial charge >= 0.3 is 20.7 Å². The highest BCUT2D eigenvalue weighted by Gasteiger charge is 2.53. The standard InChI is InChI=1S/C15H18O6Si/c1-18-22(19-2,20-3)12-8-7-11-13-9(12)5-4-6-10(13)14(16)21-15(11)17/h4-6,11-12H,7-8H2,1-3H3. The second-order valence-electron chi connectivity index (χ2n) is 5.42. The molecule has 0 aromatic heterocycles. The molecular formula is C15H18O6Si. The first-order chi connectivity index (χ1) is 10.6. The van der Waals surface area contributed by atoms with Crippen molar-refractivity contribution in [3.05, 3.63) is 34.9 Å². The van der Waals surface area contributed by atoms with Gasteiger partial charge in [-0.05, 0) is 30.0 Å². The molecular weight excluding hydrogens is 304 g/mol. The van der Waals surface area contributed by atoms with Gasteiger partial charge < -0.3 is 18.0 Å². The van der Waals surface area contributed by atoms with Crippen molar-refractivity contribution in [1.82, 2.24) is 0 Å². The molecule has 6 nitrogen and oxygen atoms in total. The van der Waals surface area contributed by atoms with E-state index in [-0.39, 0.29) is 5.54 Å². The average molecular weight is 322 g/mol. The summed E-state index contributed by atoms with van der Waals surface area (Å²) in [6, 6.07) is 5.40. The lowest BCUT2D eigenvalue weighted by atomic mass is 9.78. The highest BCUT2D eigenvalue weighted by atomic mass is 28.4. The Labute approximate surface area is 129 Å². The Morgan fingerprint density at radius 2 is 1.77 bits per heavy atom. The summed E-state index contributed by atoms with van der Waals surface area (Å²) in [5.74, 6) is -1.45. The van der Waals surface area contributed by atoms with E-state index >= 15 is 0 Å². The molecule has 0 saturated carbocycles. The average Bonchev–Trinajstić information content (AvgIpc) is 2.55. The normalized spacial score (nSPS) is 24.0. The van der Waals surface area contributed by atoms with Gasteiger partial charge in [-0.3, -0.25) is 4.79 Å². The van der Waals surface area contributed by atoms with E-state index in [1.54, 1.807) is 33.5 Å². The van der Waals surface area contributed by atoms with Crippen molar-refractivity contribution < 1.29 is 27.6 Å². The number of esters is 2. The number of hydrogen-bond acceptors (Lipinski definition) is 6. The third kappa shape index (κ3) is 2.04. The largest absolute Gasteiger partial charge is 0.508 e. The Hall–Kier alpha value is -1.54. The molecule has 2 aliphatic rings. The van der Waals surface area contributed by atoms with E-state index in [4.69, 9.17) is 18.0 Å². The maximum absolute atomic E-state index is 12.0. The van der Waals surface area contributed by atoms with Crippen LogP contribution in [0.15, 0.2) is 18.2 Å². The molecule has 7 heteroatoms. The molecule has 1 aliphatic heterocycles. The smallest absolute Gasteiger partial charge is 0.389 e. The monoisotopic (exact) mass is 322 g/mol. The molecule has 0 fully saturated rings. The van der Waals surface area contributed by atoms with Crippen LogP contribution in [-0.2, 0) is 22.8 Å². The topological polar surface area (TPSA) is 71.1 Å². The number of cyclic esters (lactones) is 2. The Kier molecular flexibility index (Phi) is 3.90. The summed E-state index contributed by atoms with van der Waals surface area (Å²) in [6.07, 6.45) is 1.28. The summed E-state index contributed by atoms with van der Waals surface area (Å²) in [4.78, 5) is 24.0. The number of carbonyl (C=O) groups excluding carboxylic acids is 2. The molecule has 1 heterocycles. The second-order valence-corrected chi connectivity index (χ2v) is 8.54. The quantitative estimate of drug-likeness (QED) is 0.478. The Bertz CT molecular complexity index is 616. The lowest BCUT2D eigenvalue weighted by Gasteiger charge is -2.39. The fourth-order valence-corrected chi connectivity index (χ4v) is 6.09. The Morgan fingerprint density at radius 1 is 1.09 bits per heavy atom. The van der Waals surface area contributed by atoms with Gasteiger partial charge in [0.25, 0.3) is 0 Å². The van der Waals surface area contributed by atoms with Crippen LogP contribution in [-0.4, -0.2) is 42.1 Å². The molecule has 0 amide bonds. The molecule has 0 radical (unpaired) electrons. The molecule has 0 bridgehead atoms. The minimum Gasteiger partial charge on any atom is -0.389 e. The SMILES string of the molecule is CO[Si](OC)(OC)C1CCC2C(=O)OC(=O)c3cccc1c32. The first-order valence-corrected chi connectivity index (χ1v) is 8.92. The highest BCUT2D eigenvalue weighted by molar-refractivity contribution is 6.62. The minimum absolute atomic E-state index is 0.0996. The number of rotatable bonds is 4. The zero-order valence-electron chi connectivity index (χ0n) is 12.8. The third-order valence-corrected chi connectivity index (χ3v) is 7.75. The molecule has 0 saturated heterocycles. The van der Waals surface area contributed by atoms with Crippen molar-refractivity contribution in [1.29, 1.82) is 0 Å². The maximum Gasteiger partial charge on any atom is 0.508 e. The van der Waals surface area contributed by atoms with Crippen LogP contribution in [0, 0.1) is 0 Å². The summed E-state index contributed by atoms with van der Waals surface area (Å²) in [6.45, 7) is 0. The van der Waals surface area contributed by atoms with E-state index < -0.39 is 26.7 Å².